The van der Waals surface area contributed by atoms with Crippen molar-refractivity contribution in [3.63, 3.8) is 0 Å². The number of carbonyl (C=O) groups is 5. The Morgan fingerprint density at radius 1 is 0.472 bits per heavy atom. The highest BCUT2D eigenvalue weighted by Gasteiger charge is 2.47. The smallest absolute Gasteiger partial charge is 0.334 e. The van der Waals surface area contributed by atoms with Crippen LogP contribution in [0.5, 0.6) is 0 Å². The van der Waals surface area contributed by atoms with Crippen molar-refractivity contribution in [1.29, 1.82) is 0 Å². The van der Waals surface area contributed by atoms with Gasteiger partial charge in [0.15, 0.2) is 0 Å². The molecule has 1 aliphatic heterocycles. The Morgan fingerprint density at radius 3 is 1.00 bits per heavy atom. The topological polar surface area (TPSA) is 114 Å². The Balaban J connectivity index is 2.31. The van der Waals surface area contributed by atoms with Gasteiger partial charge in [0.05, 0.1) is 13.2 Å². The van der Waals surface area contributed by atoms with E-state index in [2.05, 4.69) is 13.8 Å². The molecule has 4 amide bonds. The Kier molecular flexibility index (Phi) is 30.1. The lowest BCUT2D eigenvalue weighted by molar-refractivity contribution is -0.159. The van der Waals surface area contributed by atoms with Gasteiger partial charge in [-0.1, -0.05) is 181 Å². The summed E-state index contributed by atoms with van der Waals surface area (Å²) in [6.07, 6.45) is 34.3. The average Bonchev–Trinajstić information content (AvgIpc) is 3.13. The molecule has 53 heavy (non-hydrogen) atoms. The Morgan fingerprint density at radius 2 is 0.736 bits per heavy atom. The minimum Gasteiger partial charge on any atom is -0.464 e. The first-order valence-corrected chi connectivity index (χ1v) is 21.9. The van der Waals surface area contributed by atoms with Gasteiger partial charge in [0.1, 0.15) is 19.0 Å². The second-order valence-corrected chi connectivity index (χ2v) is 15.6. The van der Waals surface area contributed by atoms with Crippen LogP contribution in [0.15, 0.2) is 0 Å². The molecule has 0 aromatic rings. The van der Waals surface area contributed by atoms with Gasteiger partial charge in [-0.15, -0.1) is 0 Å². The number of barbiturate groups is 1. The van der Waals surface area contributed by atoms with Crippen molar-refractivity contribution in [2.75, 3.05) is 46.9 Å². The molecule has 308 valence electrons. The number of esters is 2. The van der Waals surface area contributed by atoms with E-state index in [-0.39, 0.29) is 19.8 Å². The van der Waals surface area contributed by atoms with Gasteiger partial charge in [0, 0.05) is 6.54 Å². The van der Waals surface area contributed by atoms with Crippen LogP contribution < -0.4 is 0 Å². The molecular formula is C43H79N3O7. The van der Waals surface area contributed by atoms with Crippen molar-refractivity contribution in [3.8, 4) is 0 Å². The predicted molar refractivity (Wildman–Crippen MR) is 213 cm³/mol. The molecule has 0 aliphatic carbocycles. The molecule has 10 nitrogen and oxygen atoms in total. The molecule has 0 aromatic heterocycles. The van der Waals surface area contributed by atoms with Crippen molar-refractivity contribution < 1.29 is 33.4 Å². The summed E-state index contributed by atoms with van der Waals surface area (Å²) in [5.74, 6) is -4.14. The molecule has 0 saturated carbocycles. The summed E-state index contributed by atoms with van der Waals surface area (Å²) in [5, 5.41) is 0. The van der Waals surface area contributed by atoms with Crippen LogP contribution >= 0.6 is 0 Å². The lowest BCUT2D eigenvalue weighted by Gasteiger charge is -2.36. The van der Waals surface area contributed by atoms with Gasteiger partial charge in [-0.2, -0.15) is 0 Å². The standard InChI is InChI=1S/C43H79N3O7/c1-5-7-9-11-13-15-17-19-21-23-25-27-29-31-33-52-39(47)36-45-41(49)38(35-44(3)4)42(50)46(43(45)51)37-40(48)53-34-32-30-28-26-24-22-20-18-16-14-12-10-8-6-2/h38H,5-37H2,1-4H3. The van der Waals surface area contributed by atoms with Gasteiger partial charge < -0.3 is 14.4 Å². The average molecular weight is 750 g/mol. The molecule has 0 N–H and O–H groups in total. The molecule has 0 aromatic carbocycles. The number of imide groups is 2. The first-order chi connectivity index (χ1) is 25.7. The zero-order chi connectivity index (χ0) is 38.9. The lowest BCUT2D eigenvalue weighted by Crippen LogP contribution is -2.63. The minimum absolute atomic E-state index is 0.0418. The zero-order valence-electron chi connectivity index (χ0n) is 34.6. The van der Waals surface area contributed by atoms with Crippen LogP contribution in [0.3, 0.4) is 0 Å². The van der Waals surface area contributed by atoms with E-state index < -0.39 is 48.8 Å². The van der Waals surface area contributed by atoms with Crippen molar-refractivity contribution in [2.24, 2.45) is 5.92 Å². The summed E-state index contributed by atoms with van der Waals surface area (Å²) >= 11 is 0. The summed E-state index contributed by atoms with van der Waals surface area (Å²) in [7, 11) is 3.42. The van der Waals surface area contributed by atoms with Crippen molar-refractivity contribution >= 4 is 29.8 Å². The largest absolute Gasteiger partial charge is 0.464 e. The number of hydrogen-bond donors (Lipinski definition) is 0. The fraction of sp³-hybridized carbons (Fsp3) is 0.884. The van der Waals surface area contributed by atoms with Crippen LogP contribution in [0.1, 0.15) is 194 Å². The molecule has 0 bridgehead atoms. The van der Waals surface area contributed by atoms with Crippen LogP contribution in [0.2, 0.25) is 0 Å². The Hall–Kier alpha value is -2.49. The monoisotopic (exact) mass is 750 g/mol. The van der Waals surface area contributed by atoms with E-state index in [9.17, 15) is 24.0 Å². The lowest BCUT2D eigenvalue weighted by atomic mass is 10.0. The summed E-state index contributed by atoms with van der Waals surface area (Å²) in [5.41, 5.74) is 0. The van der Waals surface area contributed by atoms with Gasteiger partial charge in [-0.05, 0) is 26.9 Å². The third kappa shape index (κ3) is 24.5. The van der Waals surface area contributed by atoms with Gasteiger partial charge in [0.25, 0.3) is 0 Å². The van der Waals surface area contributed by atoms with Crippen LogP contribution in [-0.4, -0.2) is 91.4 Å². The minimum atomic E-state index is -1.21. The van der Waals surface area contributed by atoms with Gasteiger partial charge >= 0.3 is 18.0 Å². The summed E-state index contributed by atoms with van der Waals surface area (Å²) in [6, 6.07) is -0.989. The van der Waals surface area contributed by atoms with E-state index in [0.29, 0.717) is 12.8 Å². The number of rotatable bonds is 36. The van der Waals surface area contributed by atoms with Crippen molar-refractivity contribution in [3.05, 3.63) is 0 Å². The molecule has 1 saturated heterocycles. The maximum absolute atomic E-state index is 13.3. The van der Waals surface area contributed by atoms with Gasteiger partial charge in [-0.3, -0.25) is 29.0 Å². The maximum atomic E-state index is 13.3. The summed E-state index contributed by atoms with van der Waals surface area (Å²) < 4.78 is 10.7. The van der Waals surface area contributed by atoms with Crippen molar-refractivity contribution in [1.82, 2.24) is 14.7 Å². The van der Waals surface area contributed by atoms with E-state index in [1.54, 1.807) is 19.0 Å². The third-order valence-electron chi connectivity index (χ3n) is 10.2. The molecule has 0 atom stereocenters. The Labute approximate surface area is 323 Å². The van der Waals surface area contributed by atoms with Crippen molar-refractivity contribution in [2.45, 2.75) is 194 Å². The highest BCUT2D eigenvalue weighted by Crippen LogP contribution is 2.20. The molecule has 0 spiro atoms. The predicted octanol–water partition coefficient (Wildman–Crippen LogP) is 10.0. The molecule has 10 heteroatoms. The number of ether oxygens (including phenoxy) is 2. The quantitative estimate of drug-likeness (QED) is 0.0353. The number of nitrogens with zero attached hydrogens (tertiary/aromatic N) is 3. The number of amides is 4. The fourth-order valence-corrected chi connectivity index (χ4v) is 6.94. The van der Waals surface area contributed by atoms with Crippen LogP contribution in [0.4, 0.5) is 4.79 Å². The van der Waals surface area contributed by atoms with Crippen LogP contribution in [-0.2, 0) is 28.7 Å². The number of hydrogen-bond acceptors (Lipinski definition) is 8. The Bertz CT molecular complexity index is 919. The molecule has 1 rings (SSSR count). The highest BCUT2D eigenvalue weighted by molar-refractivity contribution is 6.17. The van der Waals surface area contributed by atoms with Crippen LogP contribution in [0.25, 0.3) is 0 Å². The molecule has 1 heterocycles. The molecule has 0 unspecified atom stereocenters. The highest BCUT2D eigenvalue weighted by atomic mass is 16.5. The van der Waals surface area contributed by atoms with E-state index >= 15 is 0 Å². The van der Waals surface area contributed by atoms with E-state index in [1.807, 2.05) is 0 Å². The summed E-state index contributed by atoms with van der Waals surface area (Å²) in [4.78, 5) is 68.1. The SMILES string of the molecule is CCCCCCCCCCCCCCCCOC(=O)CN1C(=O)C(CN(C)C)C(=O)N(CC(=O)OCCCCCCCCCCCCCCCC)C1=O. The number of unbranched alkanes of at least 4 members (excludes halogenated alkanes) is 26. The van der Waals surface area contributed by atoms with Gasteiger partial charge in [-0.25, -0.2) is 4.79 Å². The fourth-order valence-electron chi connectivity index (χ4n) is 6.94. The van der Waals surface area contributed by atoms with E-state index in [4.69, 9.17) is 9.47 Å². The van der Waals surface area contributed by atoms with E-state index in [1.165, 1.54) is 141 Å². The molecule has 0 radical (unpaired) electrons. The third-order valence-corrected chi connectivity index (χ3v) is 10.2. The second-order valence-electron chi connectivity index (χ2n) is 15.6. The first kappa shape index (κ1) is 48.5. The molecule has 1 fully saturated rings. The maximum Gasteiger partial charge on any atom is 0.334 e. The van der Waals surface area contributed by atoms with E-state index in [0.717, 1.165) is 35.5 Å². The second kappa shape index (κ2) is 32.9. The zero-order valence-corrected chi connectivity index (χ0v) is 34.6. The van der Waals surface area contributed by atoms with Crippen LogP contribution in [0, 0.1) is 5.92 Å². The first-order valence-electron chi connectivity index (χ1n) is 21.9. The summed E-state index contributed by atoms with van der Waals surface area (Å²) in [6.45, 7) is 3.76. The molecule has 1 aliphatic rings. The normalized spacial score (nSPS) is 13.8. The number of carbonyl (C=O) groups excluding carboxylic acids is 5. The number of urea groups is 1. The molecular weight excluding hydrogens is 670 g/mol. The van der Waals surface area contributed by atoms with Gasteiger partial charge in [0.2, 0.25) is 11.8 Å².